The molecule has 0 fully saturated rings. The lowest BCUT2D eigenvalue weighted by molar-refractivity contribution is 0.0954. The van der Waals surface area contributed by atoms with Crippen LogP contribution >= 0.6 is 15.9 Å². The van der Waals surface area contributed by atoms with Gasteiger partial charge in [0.1, 0.15) is 4.60 Å². The summed E-state index contributed by atoms with van der Waals surface area (Å²) in [6.07, 6.45) is 2.57. The molecule has 1 heterocycles. The number of rotatable bonds is 5. The maximum Gasteiger partial charge on any atom is 0.251 e. The van der Waals surface area contributed by atoms with Crippen molar-refractivity contribution in [2.45, 2.75) is 0 Å². The molecule has 0 saturated heterocycles. The van der Waals surface area contributed by atoms with E-state index < -0.39 is 10.0 Å². The smallest absolute Gasteiger partial charge is 0.251 e. The number of halogens is 1. The van der Waals surface area contributed by atoms with Gasteiger partial charge in [-0.3, -0.25) is 4.79 Å². The number of hydrogen-bond acceptors (Lipinski definition) is 4. The lowest BCUT2D eigenvalue weighted by Gasteiger charge is -2.05. The quantitative estimate of drug-likeness (QED) is 0.595. The zero-order valence-corrected chi connectivity index (χ0v) is 11.5. The fourth-order valence-electron chi connectivity index (χ4n) is 1.06. The molecule has 2 N–H and O–H groups in total. The Labute approximate surface area is 108 Å². The fourth-order valence-corrected chi connectivity index (χ4v) is 1.90. The number of pyridine rings is 1. The number of aromatic nitrogens is 1. The average molecular weight is 322 g/mol. The summed E-state index contributed by atoms with van der Waals surface area (Å²) in [5.41, 5.74) is 0.464. The van der Waals surface area contributed by atoms with Crippen molar-refractivity contribution < 1.29 is 13.2 Å². The van der Waals surface area contributed by atoms with E-state index in [2.05, 4.69) is 31.0 Å². The first-order valence-corrected chi connectivity index (χ1v) is 7.41. The molecule has 0 spiro atoms. The number of hydrogen-bond donors (Lipinski definition) is 2. The lowest BCUT2D eigenvalue weighted by atomic mass is 10.2. The summed E-state index contributed by atoms with van der Waals surface area (Å²) >= 11 is 3.16. The SMILES string of the molecule is CS(=O)(=O)NCCNC(=O)c1ccnc(Br)c1. The van der Waals surface area contributed by atoms with E-state index in [0.29, 0.717) is 10.2 Å². The number of sulfonamides is 1. The summed E-state index contributed by atoms with van der Waals surface area (Å²) in [5.74, 6) is -0.275. The van der Waals surface area contributed by atoms with Crippen molar-refractivity contribution in [3.8, 4) is 0 Å². The topological polar surface area (TPSA) is 88.2 Å². The Morgan fingerprint density at radius 2 is 2.18 bits per heavy atom. The molecule has 0 aliphatic carbocycles. The predicted molar refractivity (Wildman–Crippen MR) is 67.1 cm³/mol. The molecule has 6 nitrogen and oxygen atoms in total. The fraction of sp³-hybridized carbons (Fsp3) is 0.333. The third-order valence-electron chi connectivity index (χ3n) is 1.76. The summed E-state index contributed by atoms with van der Waals surface area (Å²) < 4.78 is 24.3. The summed E-state index contributed by atoms with van der Waals surface area (Å²) in [6, 6.07) is 3.16. The Morgan fingerprint density at radius 3 is 2.76 bits per heavy atom. The van der Waals surface area contributed by atoms with Gasteiger partial charge < -0.3 is 5.32 Å². The van der Waals surface area contributed by atoms with E-state index in [0.717, 1.165) is 6.26 Å². The highest BCUT2D eigenvalue weighted by Gasteiger charge is 2.06. The minimum atomic E-state index is -3.21. The van der Waals surface area contributed by atoms with E-state index in [1.165, 1.54) is 6.20 Å². The number of carbonyl (C=O) groups excluding carboxylic acids is 1. The third-order valence-corrected chi connectivity index (χ3v) is 2.93. The number of nitrogens with zero attached hydrogens (tertiary/aromatic N) is 1. The van der Waals surface area contributed by atoms with Crippen molar-refractivity contribution in [1.82, 2.24) is 15.0 Å². The summed E-state index contributed by atoms with van der Waals surface area (Å²) in [4.78, 5) is 15.5. The normalized spacial score (nSPS) is 11.2. The molecule has 17 heavy (non-hydrogen) atoms. The Morgan fingerprint density at radius 1 is 1.47 bits per heavy atom. The Bertz CT molecular complexity index is 504. The van der Waals surface area contributed by atoms with Crippen LogP contribution in [-0.2, 0) is 10.0 Å². The van der Waals surface area contributed by atoms with E-state index >= 15 is 0 Å². The molecule has 8 heteroatoms. The Balaban J connectivity index is 2.41. The van der Waals surface area contributed by atoms with Gasteiger partial charge in [-0.05, 0) is 28.1 Å². The largest absolute Gasteiger partial charge is 0.351 e. The van der Waals surface area contributed by atoms with Crippen molar-refractivity contribution in [1.29, 1.82) is 0 Å². The molecule has 0 unspecified atom stereocenters. The molecule has 0 saturated carbocycles. The average Bonchev–Trinajstić information content (AvgIpc) is 2.23. The van der Waals surface area contributed by atoms with Crippen LogP contribution in [0.15, 0.2) is 22.9 Å². The first kappa shape index (κ1) is 14.1. The molecular weight excluding hydrogens is 310 g/mol. The standard InChI is InChI=1S/C9H12BrN3O3S/c1-17(15,16)13-5-4-12-9(14)7-2-3-11-8(10)6-7/h2-3,6,13H,4-5H2,1H3,(H,12,14). The molecule has 0 radical (unpaired) electrons. The van der Waals surface area contributed by atoms with Gasteiger partial charge in [0.2, 0.25) is 10.0 Å². The number of nitrogens with one attached hydrogen (secondary N) is 2. The van der Waals surface area contributed by atoms with Crippen molar-refractivity contribution in [2.75, 3.05) is 19.3 Å². The summed E-state index contributed by atoms with van der Waals surface area (Å²) in [6.45, 7) is 0.392. The van der Waals surface area contributed by atoms with Crippen LogP contribution < -0.4 is 10.0 Å². The second-order valence-electron chi connectivity index (χ2n) is 3.29. The highest BCUT2D eigenvalue weighted by Crippen LogP contribution is 2.07. The van der Waals surface area contributed by atoms with Crippen molar-refractivity contribution in [3.63, 3.8) is 0 Å². The van der Waals surface area contributed by atoms with Crippen molar-refractivity contribution >= 4 is 31.9 Å². The van der Waals surface area contributed by atoms with Gasteiger partial charge in [-0.15, -0.1) is 0 Å². The molecule has 1 rings (SSSR count). The van der Waals surface area contributed by atoms with E-state index in [-0.39, 0.29) is 19.0 Å². The summed E-state index contributed by atoms with van der Waals surface area (Å²) in [5, 5.41) is 2.58. The maximum atomic E-state index is 11.6. The second kappa shape index (κ2) is 6.08. The molecule has 0 aromatic carbocycles. The lowest BCUT2D eigenvalue weighted by Crippen LogP contribution is -2.34. The van der Waals surface area contributed by atoms with Gasteiger partial charge >= 0.3 is 0 Å². The highest BCUT2D eigenvalue weighted by atomic mass is 79.9. The minimum Gasteiger partial charge on any atom is -0.351 e. The molecule has 0 aliphatic heterocycles. The first-order chi connectivity index (χ1) is 7.88. The van der Waals surface area contributed by atoms with E-state index in [1.54, 1.807) is 12.1 Å². The molecule has 0 aliphatic rings. The van der Waals surface area contributed by atoms with Crippen LogP contribution in [0.25, 0.3) is 0 Å². The van der Waals surface area contributed by atoms with Gasteiger partial charge in [0.15, 0.2) is 0 Å². The molecule has 1 amide bonds. The van der Waals surface area contributed by atoms with Gasteiger partial charge in [-0.25, -0.2) is 18.1 Å². The van der Waals surface area contributed by atoms with Gasteiger partial charge in [0.05, 0.1) is 6.26 Å². The van der Waals surface area contributed by atoms with Gasteiger partial charge in [-0.1, -0.05) is 0 Å². The molecule has 0 atom stereocenters. The van der Waals surface area contributed by atoms with E-state index in [1.807, 2.05) is 0 Å². The van der Waals surface area contributed by atoms with E-state index in [9.17, 15) is 13.2 Å². The van der Waals surface area contributed by atoms with Crippen LogP contribution in [-0.4, -0.2) is 38.7 Å². The highest BCUT2D eigenvalue weighted by molar-refractivity contribution is 9.10. The Hall–Kier alpha value is -0.990. The van der Waals surface area contributed by atoms with Gasteiger partial charge in [0, 0.05) is 24.8 Å². The predicted octanol–water partition coefficient (Wildman–Crippen LogP) is 0.123. The molecule has 1 aromatic heterocycles. The molecule has 1 aromatic rings. The Kier molecular flexibility index (Phi) is 5.03. The first-order valence-electron chi connectivity index (χ1n) is 4.73. The van der Waals surface area contributed by atoms with Crippen LogP contribution in [0.5, 0.6) is 0 Å². The molecule has 94 valence electrons. The third kappa shape index (κ3) is 5.76. The van der Waals surface area contributed by atoms with Crippen LogP contribution in [0.4, 0.5) is 0 Å². The second-order valence-corrected chi connectivity index (χ2v) is 5.94. The zero-order valence-electron chi connectivity index (χ0n) is 9.10. The van der Waals surface area contributed by atoms with Crippen LogP contribution in [0.1, 0.15) is 10.4 Å². The molecular formula is C9H12BrN3O3S. The van der Waals surface area contributed by atoms with Crippen LogP contribution in [0.3, 0.4) is 0 Å². The minimum absolute atomic E-state index is 0.164. The van der Waals surface area contributed by atoms with Crippen LogP contribution in [0, 0.1) is 0 Å². The van der Waals surface area contributed by atoms with Crippen molar-refractivity contribution in [3.05, 3.63) is 28.5 Å². The summed E-state index contributed by atoms with van der Waals surface area (Å²) in [7, 11) is -3.21. The van der Waals surface area contributed by atoms with Crippen LogP contribution in [0.2, 0.25) is 0 Å². The number of carbonyl (C=O) groups is 1. The van der Waals surface area contributed by atoms with Crippen molar-refractivity contribution in [2.24, 2.45) is 0 Å². The van der Waals surface area contributed by atoms with Gasteiger partial charge in [-0.2, -0.15) is 0 Å². The maximum absolute atomic E-state index is 11.6. The van der Waals surface area contributed by atoms with Gasteiger partial charge in [0.25, 0.3) is 5.91 Å². The van der Waals surface area contributed by atoms with E-state index in [4.69, 9.17) is 0 Å². The molecule has 0 bridgehead atoms. The monoisotopic (exact) mass is 321 g/mol. The zero-order chi connectivity index (χ0) is 12.9. The number of amides is 1.